The van der Waals surface area contributed by atoms with Crippen molar-refractivity contribution in [2.75, 3.05) is 20.2 Å². The quantitative estimate of drug-likeness (QED) is 0.926. The maximum atomic E-state index is 12.5. The molecule has 1 saturated heterocycles. The molecule has 0 aromatic heterocycles. The fraction of sp³-hybridized carbons (Fsp3) is 0.556. The van der Waals surface area contributed by atoms with Crippen molar-refractivity contribution < 1.29 is 19.4 Å². The molecule has 1 aromatic rings. The average Bonchev–Trinajstić information content (AvgIpc) is 3.05. The van der Waals surface area contributed by atoms with E-state index in [0.29, 0.717) is 25.9 Å². The average molecular weight is 317 g/mol. The highest BCUT2D eigenvalue weighted by atomic mass is 16.5. The summed E-state index contributed by atoms with van der Waals surface area (Å²) < 4.78 is 5.28. The van der Waals surface area contributed by atoms with Gasteiger partial charge in [-0.05, 0) is 54.9 Å². The molecule has 0 saturated carbocycles. The Bertz CT molecular complexity index is 613. The fourth-order valence-corrected chi connectivity index (χ4v) is 3.76. The molecule has 0 bridgehead atoms. The summed E-state index contributed by atoms with van der Waals surface area (Å²) in [5.74, 6) is -0.0136. The van der Waals surface area contributed by atoms with Crippen LogP contribution in [0.5, 0.6) is 5.75 Å². The number of fused-ring (bicyclic) bond motifs is 1. The molecule has 1 aliphatic carbocycles. The van der Waals surface area contributed by atoms with Gasteiger partial charge in [0.2, 0.25) is 5.91 Å². The molecule has 1 N–H and O–H groups in total. The van der Waals surface area contributed by atoms with Crippen molar-refractivity contribution in [3.05, 3.63) is 29.3 Å². The number of hydrogen-bond acceptors (Lipinski definition) is 3. The first-order valence-electron chi connectivity index (χ1n) is 8.26. The molecule has 0 radical (unpaired) electrons. The van der Waals surface area contributed by atoms with Gasteiger partial charge in [-0.1, -0.05) is 6.07 Å². The molecule has 1 heterocycles. The van der Waals surface area contributed by atoms with Crippen LogP contribution < -0.4 is 4.74 Å². The molecule has 3 rings (SSSR count). The van der Waals surface area contributed by atoms with Crippen LogP contribution in [0.15, 0.2) is 18.2 Å². The molecule has 1 aromatic carbocycles. The number of carbonyl (C=O) groups is 2. The lowest BCUT2D eigenvalue weighted by Crippen LogP contribution is -2.31. The standard InChI is InChI=1S/C18H23NO4/c1-23-15-5-6-16-12(9-15)3-2-4-13(16)10-17(20)19-8-7-14(11-19)18(21)22/h5-6,9,13-14H,2-4,7-8,10-11H2,1H3,(H,21,22)/t13-,14-/m1/s1. The van der Waals surface area contributed by atoms with Gasteiger partial charge in [0.15, 0.2) is 0 Å². The third-order valence-corrected chi connectivity index (χ3v) is 5.10. The second kappa shape index (κ2) is 6.60. The first-order chi connectivity index (χ1) is 11.1. The van der Waals surface area contributed by atoms with Gasteiger partial charge in [-0.2, -0.15) is 0 Å². The van der Waals surface area contributed by atoms with Gasteiger partial charge >= 0.3 is 5.97 Å². The van der Waals surface area contributed by atoms with E-state index in [1.54, 1.807) is 12.0 Å². The second-order valence-corrected chi connectivity index (χ2v) is 6.52. The first-order valence-corrected chi connectivity index (χ1v) is 8.26. The van der Waals surface area contributed by atoms with Crippen molar-refractivity contribution in [3.8, 4) is 5.75 Å². The molecule has 2 aliphatic rings. The van der Waals surface area contributed by atoms with Crippen molar-refractivity contribution >= 4 is 11.9 Å². The van der Waals surface area contributed by atoms with E-state index < -0.39 is 11.9 Å². The molecule has 5 nitrogen and oxygen atoms in total. The lowest BCUT2D eigenvalue weighted by atomic mass is 9.80. The predicted octanol–water partition coefficient (Wildman–Crippen LogP) is 2.44. The number of carboxylic acids is 1. The molecular weight excluding hydrogens is 294 g/mol. The third-order valence-electron chi connectivity index (χ3n) is 5.10. The van der Waals surface area contributed by atoms with Crippen LogP contribution in [0.2, 0.25) is 0 Å². The molecule has 1 amide bonds. The monoisotopic (exact) mass is 317 g/mol. The zero-order valence-corrected chi connectivity index (χ0v) is 13.5. The number of amides is 1. The first kappa shape index (κ1) is 15.8. The van der Waals surface area contributed by atoms with Gasteiger partial charge in [0.25, 0.3) is 0 Å². The molecular formula is C18H23NO4. The van der Waals surface area contributed by atoms with Gasteiger partial charge in [-0.3, -0.25) is 9.59 Å². The smallest absolute Gasteiger partial charge is 0.308 e. The second-order valence-electron chi connectivity index (χ2n) is 6.52. The Morgan fingerprint density at radius 1 is 1.35 bits per heavy atom. The molecule has 0 unspecified atom stereocenters. The van der Waals surface area contributed by atoms with Crippen molar-refractivity contribution in [2.45, 2.75) is 38.0 Å². The number of carboxylic acid groups (broad SMARTS) is 1. The Balaban J connectivity index is 1.68. The summed E-state index contributed by atoms with van der Waals surface area (Å²) in [4.78, 5) is 25.3. The van der Waals surface area contributed by atoms with E-state index in [1.165, 1.54) is 11.1 Å². The molecule has 0 spiro atoms. The summed E-state index contributed by atoms with van der Waals surface area (Å²) in [5.41, 5.74) is 2.53. The van der Waals surface area contributed by atoms with Crippen LogP contribution >= 0.6 is 0 Å². The molecule has 124 valence electrons. The zero-order valence-electron chi connectivity index (χ0n) is 13.5. The SMILES string of the molecule is COc1ccc2c(c1)CCC[C@@H]2CC(=O)N1CC[C@@H](C(=O)O)C1. The summed E-state index contributed by atoms with van der Waals surface area (Å²) in [6.07, 6.45) is 4.17. The van der Waals surface area contributed by atoms with Crippen LogP contribution in [0.25, 0.3) is 0 Å². The molecule has 1 aliphatic heterocycles. The van der Waals surface area contributed by atoms with Crippen LogP contribution in [0.1, 0.15) is 42.7 Å². The minimum absolute atomic E-state index is 0.0856. The van der Waals surface area contributed by atoms with Crippen LogP contribution in [0, 0.1) is 5.92 Å². The van der Waals surface area contributed by atoms with Gasteiger partial charge < -0.3 is 14.7 Å². The Morgan fingerprint density at radius 3 is 2.87 bits per heavy atom. The van der Waals surface area contributed by atoms with E-state index in [1.807, 2.05) is 6.07 Å². The highest BCUT2D eigenvalue weighted by molar-refractivity contribution is 5.79. The molecule has 1 fully saturated rings. The van der Waals surface area contributed by atoms with Crippen LogP contribution in [0.3, 0.4) is 0 Å². The van der Waals surface area contributed by atoms with E-state index in [2.05, 4.69) is 12.1 Å². The summed E-state index contributed by atoms with van der Waals surface area (Å²) in [6.45, 7) is 0.925. The van der Waals surface area contributed by atoms with Crippen molar-refractivity contribution in [2.24, 2.45) is 5.92 Å². The van der Waals surface area contributed by atoms with Crippen LogP contribution in [0.4, 0.5) is 0 Å². The summed E-state index contributed by atoms with van der Waals surface area (Å²) in [7, 11) is 1.66. The number of aliphatic carboxylic acids is 1. The number of rotatable bonds is 4. The Morgan fingerprint density at radius 2 is 2.17 bits per heavy atom. The van der Waals surface area contributed by atoms with E-state index in [0.717, 1.165) is 25.0 Å². The molecule has 23 heavy (non-hydrogen) atoms. The number of hydrogen-bond donors (Lipinski definition) is 1. The summed E-state index contributed by atoms with van der Waals surface area (Å²) in [5, 5.41) is 9.06. The minimum Gasteiger partial charge on any atom is -0.497 e. The van der Waals surface area contributed by atoms with Gasteiger partial charge in [0.05, 0.1) is 13.0 Å². The van der Waals surface area contributed by atoms with Crippen molar-refractivity contribution in [3.63, 3.8) is 0 Å². The van der Waals surface area contributed by atoms with Gasteiger partial charge in [-0.15, -0.1) is 0 Å². The normalized spacial score (nSPS) is 23.4. The highest BCUT2D eigenvalue weighted by Crippen LogP contribution is 2.36. The number of aryl methyl sites for hydroxylation is 1. The largest absolute Gasteiger partial charge is 0.497 e. The van der Waals surface area contributed by atoms with Crippen molar-refractivity contribution in [1.82, 2.24) is 4.90 Å². The van der Waals surface area contributed by atoms with Gasteiger partial charge in [0.1, 0.15) is 5.75 Å². The van der Waals surface area contributed by atoms with Crippen LogP contribution in [-0.2, 0) is 16.0 Å². The molecule has 2 atom stereocenters. The zero-order chi connectivity index (χ0) is 16.4. The number of ether oxygens (including phenoxy) is 1. The topological polar surface area (TPSA) is 66.8 Å². The van der Waals surface area contributed by atoms with E-state index in [9.17, 15) is 9.59 Å². The van der Waals surface area contributed by atoms with Gasteiger partial charge in [0, 0.05) is 19.5 Å². The van der Waals surface area contributed by atoms with Gasteiger partial charge in [-0.25, -0.2) is 0 Å². The molecule has 5 heteroatoms. The van der Waals surface area contributed by atoms with E-state index in [-0.39, 0.29) is 11.8 Å². The maximum absolute atomic E-state index is 12.5. The fourth-order valence-electron chi connectivity index (χ4n) is 3.76. The summed E-state index contributed by atoms with van der Waals surface area (Å²) >= 11 is 0. The number of methoxy groups -OCH3 is 1. The summed E-state index contributed by atoms with van der Waals surface area (Å²) in [6, 6.07) is 6.11. The number of nitrogens with zero attached hydrogens (tertiary/aromatic N) is 1. The predicted molar refractivity (Wildman–Crippen MR) is 85.6 cm³/mol. The van der Waals surface area contributed by atoms with Crippen molar-refractivity contribution in [1.29, 1.82) is 0 Å². The number of carbonyl (C=O) groups excluding carboxylic acids is 1. The number of benzene rings is 1. The third kappa shape index (κ3) is 3.33. The Kier molecular flexibility index (Phi) is 4.55. The van der Waals surface area contributed by atoms with E-state index >= 15 is 0 Å². The van der Waals surface area contributed by atoms with Crippen LogP contribution in [-0.4, -0.2) is 42.1 Å². The Hall–Kier alpha value is -2.04. The Labute approximate surface area is 136 Å². The lowest BCUT2D eigenvalue weighted by Gasteiger charge is -2.27. The lowest BCUT2D eigenvalue weighted by molar-refractivity contribution is -0.141. The minimum atomic E-state index is -0.796. The maximum Gasteiger partial charge on any atom is 0.308 e. The number of likely N-dealkylation sites (tertiary alicyclic amines) is 1. The van der Waals surface area contributed by atoms with E-state index in [4.69, 9.17) is 9.84 Å². The highest BCUT2D eigenvalue weighted by Gasteiger charge is 2.32.